The van der Waals surface area contributed by atoms with Crippen molar-refractivity contribution in [3.05, 3.63) is 79.6 Å². The first-order valence-electron chi connectivity index (χ1n) is 9.59. The molecule has 2 aromatic carbocycles. The largest absolute Gasteiger partial charge is 0.481 e. The Hall–Kier alpha value is -3.92. The average Bonchev–Trinajstić information content (AvgIpc) is 3.11. The first-order valence-corrected chi connectivity index (χ1v) is 9.96. The number of carboxylic acids is 1. The monoisotopic (exact) mass is 456 g/mol. The molecule has 1 aliphatic heterocycles. The third-order valence-corrected chi connectivity index (χ3v) is 5.09. The predicted molar refractivity (Wildman–Crippen MR) is 115 cm³/mol. The number of nitrogens with one attached hydrogen (secondary N) is 1. The van der Waals surface area contributed by atoms with Gasteiger partial charge in [-0.05, 0) is 23.8 Å². The van der Waals surface area contributed by atoms with E-state index in [0.29, 0.717) is 22.0 Å². The number of carbonyl (C=O) groups is 2. The molecule has 0 amide bonds. The Labute approximate surface area is 185 Å². The van der Waals surface area contributed by atoms with Crippen LogP contribution in [0.5, 0.6) is 5.75 Å². The van der Waals surface area contributed by atoms with Crippen molar-refractivity contribution in [1.29, 1.82) is 0 Å². The van der Waals surface area contributed by atoms with Crippen LogP contribution in [0.3, 0.4) is 0 Å². The highest BCUT2D eigenvalue weighted by molar-refractivity contribution is 6.30. The lowest BCUT2D eigenvalue weighted by Gasteiger charge is -2.16. The van der Waals surface area contributed by atoms with Gasteiger partial charge in [-0.2, -0.15) is 4.98 Å². The van der Waals surface area contributed by atoms with Crippen LogP contribution in [0.1, 0.15) is 17.5 Å². The Morgan fingerprint density at radius 3 is 2.59 bits per heavy atom. The molecule has 10 nitrogen and oxygen atoms in total. The maximum atomic E-state index is 13.1. The van der Waals surface area contributed by atoms with E-state index in [-0.39, 0.29) is 31.4 Å². The summed E-state index contributed by atoms with van der Waals surface area (Å²) in [6, 6.07) is 11.7. The SMILES string of the molecule is O=C(O)CCn1c(=O)nc(Nc2ccc3c(c2)OC(=O)C3)n(Cc2ccc(Cl)cc2)c1=O. The normalized spacial score (nSPS) is 12.3. The Bertz CT molecular complexity index is 1330. The molecule has 164 valence electrons. The lowest BCUT2D eigenvalue weighted by molar-refractivity contribution is -0.137. The third kappa shape index (κ3) is 4.54. The van der Waals surface area contributed by atoms with Crippen LogP contribution < -0.4 is 21.4 Å². The quantitative estimate of drug-likeness (QED) is 0.406. The van der Waals surface area contributed by atoms with Gasteiger partial charge in [0.15, 0.2) is 0 Å². The van der Waals surface area contributed by atoms with Crippen LogP contribution in [0.25, 0.3) is 0 Å². The third-order valence-electron chi connectivity index (χ3n) is 4.84. The fraction of sp³-hybridized carbons (Fsp3) is 0.190. The Morgan fingerprint density at radius 1 is 1.12 bits per heavy atom. The van der Waals surface area contributed by atoms with Crippen LogP contribution in [0.2, 0.25) is 5.02 Å². The molecule has 0 saturated carbocycles. The lowest BCUT2D eigenvalue weighted by Crippen LogP contribution is -2.43. The first-order chi connectivity index (χ1) is 15.3. The summed E-state index contributed by atoms with van der Waals surface area (Å²) in [7, 11) is 0. The van der Waals surface area contributed by atoms with Gasteiger partial charge in [-0.25, -0.2) is 14.2 Å². The van der Waals surface area contributed by atoms with Crippen molar-refractivity contribution in [1.82, 2.24) is 14.1 Å². The number of nitrogens with zero attached hydrogens (tertiary/aromatic N) is 3. The van der Waals surface area contributed by atoms with E-state index in [1.54, 1.807) is 42.5 Å². The fourth-order valence-corrected chi connectivity index (χ4v) is 3.38. The minimum Gasteiger partial charge on any atom is -0.481 e. The fourth-order valence-electron chi connectivity index (χ4n) is 3.26. The number of hydrogen-bond donors (Lipinski definition) is 2. The van der Waals surface area contributed by atoms with Crippen LogP contribution in [0.4, 0.5) is 11.6 Å². The first kappa shape index (κ1) is 21.3. The van der Waals surface area contributed by atoms with Gasteiger partial charge in [-0.15, -0.1) is 0 Å². The average molecular weight is 457 g/mol. The summed E-state index contributed by atoms with van der Waals surface area (Å²) < 4.78 is 7.15. The number of aromatic nitrogens is 3. The highest BCUT2D eigenvalue weighted by Gasteiger charge is 2.21. The second-order valence-corrected chi connectivity index (χ2v) is 7.54. The molecule has 0 bridgehead atoms. The van der Waals surface area contributed by atoms with Crippen LogP contribution in [0.15, 0.2) is 52.1 Å². The zero-order valence-electron chi connectivity index (χ0n) is 16.6. The molecule has 32 heavy (non-hydrogen) atoms. The number of fused-ring (bicyclic) bond motifs is 1. The summed E-state index contributed by atoms with van der Waals surface area (Å²) in [6.45, 7) is -0.256. The number of anilines is 2. The molecule has 0 atom stereocenters. The number of benzene rings is 2. The van der Waals surface area contributed by atoms with Gasteiger partial charge in [-0.3, -0.25) is 14.2 Å². The van der Waals surface area contributed by atoms with Crippen molar-refractivity contribution in [2.75, 3.05) is 5.32 Å². The van der Waals surface area contributed by atoms with E-state index in [9.17, 15) is 19.2 Å². The lowest BCUT2D eigenvalue weighted by atomic mass is 10.1. The Morgan fingerprint density at radius 2 is 1.88 bits per heavy atom. The summed E-state index contributed by atoms with van der Waals surface area (Å²) >= 11 is 5.93. The van der Waals surface area contributed by atoms with Crippen molar-refractivity contribution in [3.8, 4) is 5.75 Å². The van der Waals surface area contributed by atoms with Gasteiger partial charge in [0.05, 0.1) is 19.4 Å². The van der Waals surface area contributed by atoms with Crippen LogP contribution in [0, 0.1) is 0 Å². The number of hydrogen-bond acceptors (Lipinski definition) is 7. The topological polar surface area (TPSA) is 133 Å². The van der Waals surface area contributed by atoms with Crippen molar-refractivity contribution in [3.63, 3.8) is 0 Å². The number of carbonyl (C=O) groups excluding carboxylic acids is 1. The molecule has 0 aliphatic carbocycles. The zero-order chi connectivity index (χ0) is 22.8. The molecule has 1 aliphatic rings. The van der Waals surface area contributed by atoms with Gasteiger partial charge in [0.25, 0.3) is 0 Å². The number of rotatable bonds is 7. The number of aliphatic carboxylic acids is 1. The Balaban J connectivity index is 1.74. The second kappa shape index (κ2) is 8.67. The van der Waals surface area contributed by atoms with Crippen molar-refractivity contribution >= 4 is 35.2 Å². The molecule has 2 heterocycles. The molecule has 0 radical (unpaired) electrons. The maximum absolute atomic E-state index is 13.1. The summed E-state index contributed by atoms with van der Waals surface area (Å²) in [5.41, 5.74) is 0.316. The van der Waals surface area contributed by atoms with E-state index in [2.05, 4.69) is 10.3 Å². The predicted octanol–water partition coefficient (Wildman–Crippen LogP) is 1.79. The molecule has 0 saturated heterocycles. The smallest absolute Gasteiger partial charge is 0.354 e. The second-order valence-electron chi connectivity index (χ2n) is 7.11. The van der Waals surface area contributed by atoms with Gasteiger partial charge >= 0.3 is 23.3 Å². The van der Waals surface area contributed by atoms with E-state index in [1.165, 1.54) is 4.57 Å². The van der Waals surface area contributed by atoms with Crippen LogP contribution >= 0.6 is 11.6 Å². The standard InChI is InChI=1S/C21H17ClN4O6/c22-14-4-1-12(2-5-14)11-26-19(24-20(30)25(21(26)31)8-7-17(27)28)23-15-6-3-13-9-18(29)32-16(13)10-15/h1-6,10H,7-9,11H2,(H,27,28)(H,23,24,30). The summed E-state index contributed by atoms with van der Waals surface area (Å²) in [6.07, 6.45) is -0.227. The maximum Gasteiger partial charge on any atom is 0.354 e. The molecule has 11 heteroatoms. The molecule has 1 aromatic heterocycles. The number of esters is 1. The molecule has 4 rings (SSSR count). The van der Waals surface area contributed by atoms with Gasteiger partial charge in [0, 0.05) is 28.9 Å². The molecule has 3 aromatic rings. The molecule has 0 spiro atoms. The number of ether oxygens (including phenoxy) is 1. The molecular weight excluding hydrogens is 440 g/mol. The Kier molecular flexibility index (Phi) is 5.78. The summed E-state index contributed by atoms with van der Waals surface area (Å²) in [5, 5.41) is 12.4. The van der Waals surface area contributed by atoms with Crippen LogP contribution in [-0.4, -0.2) is 31.2 Å². The van der Waals surface area contributed by atoms with Gasteiger partial charge in [0.2, 0.25) is 5.95 Å². The van der Waals surface area contributed by atoms with E-state index in [1.807, 2.05) is 0 Å². The number of carboxylic acid groups (broad SMARTS) is 1. The molecule has 2 N–H and O–H groups in total. The van der Waals surface area contributed by atoms with Gasteiger partial charge < -0.3 is 15.2 Å². The van der Waals surface area contributed by atoms with Crippen molar-refractivity contribution in [2.45, 2.75) is 25.9 Å². The zero-order valence-corrected chi connectivity index (χ0v) is 17.3. The molecular formula is C21H17ClN4O6. The summed E-state index contributed by atoms with van der Waals surface area (Å²) in [4.78, 5) is 51.9. The van der Waals surface area contributed by atoms with E-state index >= 15 is 0 Å². The molecule has 0 fully saturated rings. The van der Waals surface area contributed by atoms with Gasteiger partial charge in [-0.1, -0.05) is 29.8 Å². The van der Waals surface area contributed by atoms with Crippen molar-refractivity contribution in [2.24, 2.45) is 0 Å². The van der Waals surface area contributed by atoms with Crippen molar-refractivity contribution < 1.29 is 19.4 Å². The van der Waals surface area contributed by atoms with Gasteiger partial charge in [0.1, 0.15) is 5.75 Å². The summed E-state index contributed by atoms with van der Waals surface area (Å²) in [5.74, 6) is -1.15. The minimum atomic E-state index is -1.14. The van der Waals surface area contributed by atoms with E-state index in [4.69, 9.17) is 21.4 Å². The highest BCUT2D eigenvalue weighted by Crippen LogP contribution is 2.30. The van der Waals surface area contributed by atoms with E-state index < -0.39 is 23.8 Å². The van der Waals surface area contributed by atoms with E-state index in [0.717, 1.165) is 10.1 Å². The molecule has 0 unspecified atom stereocenters. The van der Waals surface area contributed by atoms with Crippen LogP contribution in [-0.2, 0) is 29.1 Å². The highest BCUT2D eigenvalue weighted by atomic mass is 35.5. The minimum absolute atomic E-state index is 0.0363. The number of halogens is 1.